The summed E-state index contributed by atoms with van der Waals surface area (Å²) >= 11 is 0. The SMILES string of the molecule is O=C(Nc1ccccc1OCC(F)(F)F)c1ccc([N+](=O)[O-])cc1. The lowest BCUT2D eigenvalue weighted by Crippen LogP contribution is -2.20. The molecule has 0 unspecified atom stereocenters. The fourth-order valence-corrected chi connectivity index (χ4v) is 1.78. The Hall–Kier alpha value is -3.10. The number of alkyl halides is 3. The summed E-state index contributed by atoms with van der Waals surface area (Å²) in [5.74, 6) is -0.766. The number of benzene rings is 2. The summed E-state index contributed by atoms with van der Waals surface area (Å²) in [7, 11) is 0. The minimum atomic E-state index is -4.50. The van der Waals surface area contributed by atoms with E-state index < -0.39 is 23.6 Å². The van der Waals surface area contributed by atoms with E-state index in [1.807, 2.05) is 0 Å². The van der Waals surface area contributed by atoms with Crippen LogP contribution >= 0.6 is 0 Å². The van der Waals surface area contributed by atoms with E-state index >= 15 is 0 Å². The average Bonchev–Trinajstić information content (AvgIpc) is 2.53. The van der Waals surface area contributed by atoms with Crippen LogP contribution in [-0.4, -0.2) is 23.6 Å². The summed E-state index contributed by atoms with van der Waals surface area (Å²) in [4.78, 5) is 22.0. The van der Waals surface area contributed by atoms with Crippen LogP contribution < -0.4 is 10.1 Å². The van der Waals surface area contributed by atoms with Crippen molar-refractivity contribution in [1.82, 2.24) is 0 Å². The Kier molecular flexibility index (Phi) is 5.02. The maximum Gasteiger partial charge on any atom is 0.422 e. The third-order valence-electron chi connectivity index (χ3n) is 2.87. The van der Waals surface area contributed by atoms with E-state index in [-0.39, 0.29) is 22.7 Å². The molecule has 0 spiro atoms. The lowest BCUT2D eigenvalue weighted by Gasteiger charge is -2.13. The molecule has 0 heterocycles. The maximum absolute atomic E-state index is 12.2. The molecule has 0 atom stereocenters. The average molecular weight is 340 g/mol. The topological polar surface area (TPSA) is 81.5 Å². The van der Waals surface area contributed by atoms with Crippen LogP contribution in [0.5, 0.6) is 5.75 Å². The lowest BCUT2D eigenvalue weighted by atomic mass is 10.2. The summed E-state index contributed by atoms with van der Waals surface area (Å²) in [6.45, 7) is -1.49. The number of carbonyl (C=O) groups is 1. The Morgan fingerprint density at radius 1 is 1.12 bits per heavy atom. The van der Waals surface area contributed by atoms with Crippen molar-refractivity contribution in [3.8, 4) is 5.75 Å². The molecule has 1 N–H and O–H groups in total. The predicted octanol–water partition coefficient (Wildman–Crippen LogP) is 3.79. The molecule has 0 bridgehead atoms. The van der Waals surface area contributed by atoms with Crippen LogP contribution in [0.15, 0.2) is 48.5 Å². The molecule has 0 aliphatic heterocycles. The minimum absolute atomic E-state index is 0.0603. The number of anilines is 1. The number of hydrogen-bond acceptors (Lipinski definition) is 4. The van der Waals surface area contributed by atoms with Gasteiger partial charge in [0, 0.05) is 17.7 Å². The molecular formula is C15H11F3N2O4. The number of nitro groups is 1. The van der Waals surface area contributed by atoms with Gasteiger partial charge in [0.1, 0.15) is 5.75 Å². The Morgan fingerprint density at radius 3 is 2.33 bits per heavy atom. The molecule has 2 aromatic rings. The minimum Gasteiger partial charge on any atom is -0.482 e. The largest absolute Gasteiger partial charge is 0.482 e. The number of para-hydroxylation sites is 2. The molecular weight excluding hydrogens is 329 g/mol. The third-order valence-corrected chi connectivity index (χ3v) is 2.87. The van der Waals surface area contributed by atoms with E-state index in [1.165, 1.54) is 36.4 Å². The molecule has 0 saturated carbocycles. The molecule has 0 aliphatic rings. The van der Waals surface area contributed by atoms with Crippen molar-refractivity contribution in [1.29, 1.82) is 0 Å². The van der Waals surface area contributed by atoms with Gasteiger partial charge in [0.2, 0.25) is 0 Å². The second-order valence-corrected chi connectivity index (χ2v) is 4.66. The molecule has 0 aromatic heterocycles. The predicted molar refractivity (Wildman–Crippen MR) is 79.0 cm³/mol. The summed E-state index contributed by atoms with van der Waals surface area (Å²) in [5.41, 5.74) is -0.00297. The first-order chi connectivity index (χ1) is 11.3. The van der Waals surface area contributed by atoms with Gasteiger partial charge in [0.05, 0.1) is 10.6 Å². The number of ether oxygens (including phenoxy) is 1. The van der Waals surface area contributed by atoms with Gasteiger partial charge >= 0.3 is 6.18 Å². The number of rotatable bonds is 5. The highest BCUT2D eigenvalue weighted by Crippen LogP contribution is 2.27. The van der Waals surface area contributed by atoms with Gasteiger partial charge in [0.15, 0.2) is 6.61 Å². The van der Waals surface area contributed by atoms with E-state index in [2.05, 4.69) is 10.1 Å². The van der Waals surface area contributed by atoms with Gasteiger partial charge in [-0.25, -0.2) is 0 Å². The monoisotopic (exact) mass is 340 g/mol. The number of nitrogens with one attached hydrogen (secondary N) is 1. The molecule has 6 nitrogen and oxygen atoms in total. The number of non-ortho nitro benzene ring substituents is 1. The van der Waals surface area contributed by atoms with E-state index in [0.29, 0.717) is 0 Å². The first-order valence-electron chi connectivity index (χ1n) is 6.60. The van der Waals surface area contributed by atoms with Crippen molar-refractivity contribution < 1.29 is 27.6 Å². The van der Waals surface area contributed by atoms with E-state index in [4.69, 9.17) is 0 Å². The Balaban J connectivity index is 2.12. The van der Waals surface area contributed by atoms with Crippen LogP contribution in [0.3, 0.4) is 0 Å². The zero-order valence-electron chi connectivity index (χ0n) is 12.0. The van der Waals surface area contributed by atoms with Crippen LogP contribution in [0.25, 0.3) is 0 Å². The number of hydrogen-bond donors (Lipinski definition) is 1. The second kappa shape index (κ2) is 6.99. The van der Waals surface area contributed by atoms with Crippen LogP contribution in [0.1, 0.15) is 10.4 Å². The summed E-state index contributed by atoms with van der Waals surface area (Å²) in [5, 5.41) is 13.0. The second-order valence-electron chi connectivity index (χ2n) is 4.66. The molecule has 2 rings (SSSR count). The van der Waals surface area contributed by atoms with Crippen LogP contribution in [-0.2, 0) is 0 Å². The third kappa shape index (κ3) is 4.70. The molecule has 2 aromatic carbocycles. The normalized spacial score (nSPS) is 11.0. The van der Waals surface area contributed by atoms with Crippen molar-refractivity contribution in [3.05, 3.63) is 64.2 Å². The summed E-state index contributed by atoms with van der Waals surface area (Å²) in [6.07, 6.45) is -4.50. The van der Waals surface area contributed by atoms with Gasteiger partial charge in [-0.05, 0) is 24.3 Å². The van der Waals surface area contributed by atoms with Gasteiger partial charge in [-0.3, -0.25) is 14.9 Å². The van der Waals surface area contributed by atoms with Crippen molar-refractivity contribution in [2.75, 3.05) is 11.9 Å². The van der Waals surface area contributed by atoms with Gasteiger partial charge < -0.3 is 10.1 Å². The number of carbonyl (C=O) groups excluding carboxylic acids is 1. The highest BCUT2D eigenvalue weighted by Gasteiger charge is 2.28. The molecule has 9 heteroatoms. The first kappa shape index (κ1) is 17.3. The van der Waals surface area contributed by atoms with Crippen molar-refractivity contribution in [2.45, 2.75) is 6.18 Å². The number of halogens is 3. The number of nitro benzene ring substituents is 1. The zero-order valence-corrected chi connectivity index (χ0v) is 12.0. The molecule has 0 saturated heterocycles. The fraction of sp³-hybridized carbons (Fsp3) is 0.133. The number of amides is 1. The molecule has 0 aliphatic carbocycles. The van der Waals surface area contributed by atoms with E-state index in [1.54, 1.807) is 0 Å². The van der Waals surface area contributed by atoms with Crippen LogP contribution in [0.2, 0.25) is 0 Å². The van der Waals surface area contributed by atoms with Crippen LogP contribution in [0.4, 0.5) is 24.5 Å². The standard InChI is InChI=1S/C15H11F3N2O4/c16-15(17,18)9-24-13-4-2-1-3-12(13)19-14(21)10-5-7-11(8-6-10)20(22)23/h1-8H,9H2,(H,19,21). The van der Waals surface area contributed by atoms with Crippen LogP contribution in [0, 0.1) is 10.1 Å². The number of nitrogens with zero attached hydrogens (tertiary/aromatic N) is 1. The van der Waals surface area contributed by atoms with Crippen molar-refractivity contribution in [3.63, 3.8) is 0 Å². The Labute approximate surface area is 134 Å². The van der Waals surface area contributed by atoms with Crippen molar-refractivity contribution in [2.24, 2.45) is 0 Å². The molecule has 1 amide bonds. The molecule has 126 valence electrons. The maximum atomic E-state index is 12.2. The molecule has 24 heavy (non-hydrogen) atoms. The smallest absolute Gasteiger partial charge is 0.422 e. The van der Waals surface area contributed by atoms with Crippen molar-refractivity contribution >= 4 is 17.3 Å². The van der Waals surface area contributed by atoms with Gasteiger partial charge in [-0.1, -0.05) is 12.1 Å². The molecule has 0 fully saturated rings. The zero-order chi connectivity index (χ0) is 17.7. The summed E-state index contributed by atoms with van der Waals surface area (Å²) < 4.78 is 41.4. The van der Waals surface area contributed by atoms with E-state index in [0.717, 1.165) is 12.1 Å². The van der Waals surface area contributed by atoms with Gasteiger partial charge in [-0.2, -0.15) is 13.2 Å². The quantitative estimate of drug-likeness (QED) is 0.663. The van der Waals surface area contributed by atoms with E-state index in [9.17, 15) is 28.1 Å². The lowest BCUT2D eigenvalue weighted by molar-refractivity contribution is -0.384. The van der Waals surface area contributed by atoms with Gasteiger partial charge in [-0.15, -0.1) is 0 Å². The fourth-order valence-electron chi connectivity index (χ4n) is 1.78. The van der Waals surface area contributed by atoms with Gasteiger partial charge in [0.25, 0.3) is 11.6 Å². The summed E-state index contributed by atoms with van der Waals surface area (Å²) in [6, 6.07) is 10.5. The Morgan fingerprint density at radius 2 is 1.75 bits per heavy atom. The first-order valence-corrected chi connectivity index (χ1v) is 6.60. The highest BCUT2D eigenvalue weighted by atomic mass is 19.4. The Bertz CT molecular complexity index is 745. The molecule has 0 radical (unpaired) electrons. The highest BCUT2D eigenvalue weighted by molar-refractivity contribution is 6.05.